The summed E-state index contributed by atoms with van der Waals surface area (Å²) in [6, 6.07) is 6.44. The molecule has 1 aromatic carbocycles. The van der Waals surface area contributed by atoms with Gasteiger partial charge in [-0.2, -0.15) is 0 Å². The van der Waals surface area contributed by atoms with Crippen molar-refractivity contribution in [2.45, 2.75) is 31.8 Å². The van der Waals surface area contributed by atoms with Crippen molar-refractivity contribution in [2.75, 3.05) is 30.0 Å². The average Bonchev–Trinajstić information content (AvgIpc) is 2.73. The predicted molar refractivity (Wildman–Crippen MR) is 113 cm³/mol. The van der Waals surface area contributed by atoms with E-state index in [4.69, 9.17) is 15.2 Å². The molecule has 10 heteroatoms. The van der Waals surface area contributed by atoms with Gasteiger partial charge in [0.1, 0.15) is 11.4 Å². The standard InChI is InChI=1S/C20H24N4O5S/c1-3-5-10-29-18(26)13-6-8-14(9-7-13)23-16(25)12-30-20-22-11-15(17(21)24-20)19(27)28-4-2/h6-9,11H,3-5,10,12H2,1-2H3,(H,23,25)(H2,21,22,24). The molecule has 3 N–H and O–H groups in total. The SMILES string of the molecule is CCCCOC(=O)c1ccc(NC(=O)CSc2ncc(C(=O)OCC)c(N)n2)cc1. The number of carbonyl (C=O) groups excluding carboxylic acids is 3. The van der Waals surface area contributed by atoms with E-state index in [0.717, 1.165) is 24.6 Å². The molecule has 1 amide bonds. The first-order valence-corrected chi connectivity index (χ1v) is 10.4. The summed E-state index contributed by atoms with van der Waals surface area (Å²) in [7, 11) is 0. The second kappa shape index (κ2) is 11.8. The first-order chi connectivity index (χ1) is 14.4. The van der Waals surface area contributed by atoms with Crippen LogP contribution in [0.2, 0.25) is 0 Å². The Bertz CT molecular complexity index is 889. The highest BCUT2D eigenvalue weighted by atomic mass is 32.2. The van der Waals surface area contributed by atoms with Crippen molar-refractivity contribution in [1.29, 1.82) is 0 Å². The Kier molecular flexibility index (Phi) is 9.07. The minimum atomic E-state index is -0.595. The van der Waals surface area contributed by atoms with E-state index in [-0.39, 0.29) is 34.8 Å². The number of aromatic nitrogens is 2. The quantitative estimate of drug-likeness (QED) is 0.251. The van der Waals surface area contributed by atoms with Crippen molar-refractivity contribution >= 4 is 41.1 Å². The van der Waals surface area contributed by atoms with Gasteiger partial charge in [-0.3, -0.25) is 4.79 Å². The lowest BCUT2D eigenvalue weighted by atomic mass is 10.2. The summed E-state index contributed by atoms with van der Waals surface area (Å²) < 4.78 is 10.0. The number of ether oxygens (including phenoxy) is 2. The number of carbonyl (C=O) groups is 3. The monoisotopic (exact) mass is 432 g/mol. The van der Waals surface area contributed by atoms with Gasteiger partial charge in [0.2, 0.25) is 5.91 Å². The Labute approximate surface area is 178 Å². The Morgan fingerprint density at radius 1 is 1.10 bits per heavy atom. The Balaban J connectivity index is 1.85. The van der Waals surface area contributed by atoms with E-state index < -0.39 is 11.9 Å². The topological polar surface area (TPSA) is 134 Å². The Morgan fingerprint density at radius 3 is 2.47 bits per heavy atom. The number of unbranched alkanes of at least 4 members (excludes halogenated alkanes) is 1. The van der Waals surface area contributed by atoms with Crippen molar-refractivity contribution in [3.05, 3.63) is 41.6 Å². The molecule has 0 bridgehead atoms. The number of hydrogen-bond donors (Lipinski definition) is 2. The highest BCUT2D eigenvalue weighted by Gasteiger charge is 2.14. The van der Waals surface area contributed by atoms with Gasteiger partial charge in [0.25, 0.3) is 0 Å². The zero-order chi connectivity index (χ0) is 21.9. The second-order valence-electron chi connectivity index (χ2n) is 6.08. The van der Waals surface area contributed by atoms with Gasteiger partial charge in [-0.05, 0) is 37.6 Å². The van der Waals surface area contributed by atoms with E-state index in [1.165, 1.54) is 6.20 Å². The fraction of sp³-hybridized carbons (Fsp3) is 0.350. The van der Waals surface area contributed by atoms with E-state index >= 15 is 0 Å². The van der Waals surface area contributed by atoms with Crippen LogP contribution < -0.4 is 11.1 Å². The lowest BCUT2D eigenvalue weighted by molar-refractivity contribution is -0.113. The minimum absolute atomic E-state index is 0.00669. The van der Waals surface area contributed by atoms with Crippen molar-refractivity contribution in [3.63, 3.8) is 0 Å². The molecule has 0 radical (unpaired) electrons. The number of thioether (sulfide) groups is 1. The molecule has 160 valence electrons. The smallest absolute Gasteiger partial charge is 0.343 e. The number of benzene rings is 1. The number of nitrogen functional groups attached to an aromatic ring is 1. The molecular weight excluding hydrogens is 408 g/mol. The van der Waals surface area contributed by atoms with Gasteiger partial charge in [-0.1, -0.05) is 25.1 Å². The van der Waals surface area contributed by atoms with Crippen LogP contribution in [0.25, 0.3) is 0 Å². The molecule has 0 unspecified atom stereocenters. The zero-order valence-corrected chi connectivity index (χ0v) is 17.7. The summed E-state index contributed by atoms with van der Waals surface area (Å²) in [4.78, 5) is 43.7. The van der Waals surface area contributed by atoms with Crippen LogP contribution in [0.3, 0.4) is 0 Å². The molecule has 0 saturated carbocycles. The molecule has 30 heavy (non-hydrogen) atoms. The molecule has 0 aliphatic carbocycles. The first-order valence-electron chi connectivity index (χ1n) is 9.44. The highest BCUT2D eigenvalue weighted by molar-refractivity contribution is 7.99. The number of amides is 1. The van der Waals surface area contributed by atoms with Crippen LogP contribution in [0.5, 0.6) is 0 Å². The fourth-order valence-electron chi connectivity index (χ4n) is 2.22. The maximum absolute atomic E-state index is 12.1. The van der Waals surface area contributed by atoms with Gasteiger partial charge in [0.15, 0.2) is 5.16 Å². The van der Waals surface area contributed by atoms with E-state index in [1.807, 2.05) is 6.92 Å². The average molecular weight is 433 g/mol. The van der Waals surface area contributed by atoms with Gasteiger partial charge in [0, 0.05) is 11.9 Å². The van der Waals surface area contributed by atoms with Gasteiger partial charge in [-0.25, -0.2) is 19.6 Å². The van der Waals surface area contributed by atoms with Crippen molar-refractivity contribution in [2.24, 2.45) is 0 Å². The number of rotatable bonds is 10. The van der Waals surface area contributed by atoms with Crippen LogP contribution >= 0.6 is 11.8 Å². The van der Waals surface area contributed by atoms with E-state index in [9.17, 15) is 14.4 Å². The second-order valence-corrected chi connectivity index (χ2v) is 7.02. The third-order valence-corrected chi connectivity index (χ3v) is 4.62. The summed E-state index contributed by atoms with van der Waals surface area (Å²) >= 11 is 1.07. The van der Waals surface area contributed by atoms with E-state index in [0.29, 0.717) is 17.9 Å². The van der Waals surface area contributed by atoms with Crippen LogP contribution in [0.4, 0.5) is 11.5 Å². The molecule has 1 aromatic heterocycles. The largest absolute Gasteiger partial charge is 0.462 e. The van der Waals surface area contributed by atoms with Gasteiger partial charge in [-0.15, -0.1) is 0 Å². The minimum Gasteiger partial charge on any atom is -0.462 e. The van der Waals surface area contributed by atoms with Gasteiger partial charge in [0.05, 0.1) is 24.5 Å². The van der Waals surface area contributed by atoms with E-state index in [2.05, 4.69) is 15.3 Å². The Morgan fingerprint density at radius 2 is 1.83 bits per heavy atom. The predicted octanol–water partition coefficient (Wildman–Crippen LogP) is 2.92. The highest BCUT2D eigenvalue weighted by Crippen LogP contribution is 2.18. The number of hydrogen-bond acceptors (Lipinski definition) is 9. The fourth-order valence-corrected chi connectivity index (χ4v) is 2.85. The summed E-state index contributed by atoms with van der Waals surface area (Å²) in [6.07, 6.45) is 3.04. The summed E-state index contributed by atoms with van der Waals surface area (Å²) in [5.41, 5.74) is 6.80. The summed E-state index contributed by atoms with van der Waals surface area (Å²) in [5.74, 6) is -1.23. The third-order valence-electron chi connectivity index (χ3n) is 3.76. The number of nitrogens with zero attached hydrogens (tertiary/aromatic N) is 2. The lowest BCUT2D eigenvalue weighted by Crippen LogP contribution is -2.15. The van der Waals surface area contributed by atoms with Crippen LogP contribution in [-0.4, -0.2) is 46.8 Å². The van der Waals surface area contributed by atoms with Crippen LogP contribution in [0.1, 0.15) is 47.4 Å². The maximum atomic E-state index is 12.1. The first kappa shape index (κ1) is 23.1. The molecule has 1 heterocycles. The number of anilines is 2. The number of nitrogens with two attached hydrogens (primary N) is 1. The van der Waals surface area contributed by atoms with Gasteiger partial charge >= 0.3 is 11.9 Å². The molecule has 2 aromatic rings. The molecule has 0 aliphatic rings. The van der Waals surface area contributed by atoms with Crippen LogP contribution in [-0.2, 0) is 14.3 Å². The van der Waals surface area contributed by atoms with Crippen molar-refractivity contribution < 1.29 is 23.9 Å². The van der Waals surface area contributed by atoms with Gasteiger partial charge < -0.3 is 20.5 Å². The van der Waals surface area contributed by atoms with Crippen LogP contribution in [0.15, 0.2) is 35.6 Å². The molecule has 0 saturated heterocycles. The number of esters is 2. The molecule has 0 aliphatic heterocycles. The molecular formula is C20H24N4O5S. The normalized spacial score (nSPS) is 10.3. The van der Waals surface area contributed by atoms with Crippen LogP contribution in [0, 0.1) is 0 Å². The third kappa shape index (κ3) is 7.03. The number of nitrogens with one attached hydrogen (secondary N) is 1. The molecule has 0 atom stereocenters. The zero-order valence-electron chi connectivity index (χ0n) is 16.8. The van der Waals surface area contributed by atoms with Crippen molar-refractivity contribution in [1.82, 2.24) is 9.97 Å². The Hall–Kier alpha value is -3.14. The lowest BCUT2D eigenvalue weighted by Gasteiger charge is -2.08. The molecule has 9 nitrogen and oxygen atoms in total. The summed E-state index contributed by atoms with van der Waals surface area (Å²) in [6.45, 7) is 4.31. The summed E-state index contributed by atoms with van der Waals surface area (Å²) in [5, 5.41) is 2.98. The molecule has 0 fully saturated rings. The van der Waals surface area contributed by atoms with E-state index in [1.54, 1.807) is 31.2 Å². The molecule has 2 rings (SSSR count). The molecule has 0 spiro atoms. The maximum Gasteiger partial charge on any atom is 0.343 e. The van der Waals surface area contributed by atoms with Crippen molar-refractivity contribution in [3.8, 4) is 0 Å².